The minimum atomic E-state index is -0.512. The molecule has 1 fully saturated rings. The van der Waals surface area contributed by atoms with Crippen LogP contribution >= 0.6 is 24.0 Å². The predicted molar refractivity (Wildman–Crippen MR) is 108 cm³/mol. The maximum absolute atomic E-state index is 12.8. The van der Waals surface area contributed by atoms with E-state index >= 15 is 0 Å². The first-order valence-electron chi connectivity index (χ1n) is 7.89. The van der Waals surface area contributed by atoms with Crippen molar-refractivity contribution in [1.29, 1.82) is 0 Å². The van der Waals surface area contributed by atoms with Gasteiger partial charge in [0.25, 0.3) is 11.6 Å². The molecule has 7 nitrogen and oxygen atoms in total. The number of amides is 1. The van der Waals surface area contributed by atoms with Gasteiger partial charge in [-0.2, -0.15) is 0 Å². The Kier molecular flexibility index (Phi) is 5.43. The first-order chi connectivity index (χ1) is 12.9. The molecule has 1 aliphatic rings. The number of hydrogen-bond donors (Lipinski definition) is 1. The van der Waals surface area contributed by atoms with E-state index in [1.54, 1.807) is 31.2 Å². The Morgan fingerprint density at radius 2 is 2.00 bits per heavy atom. The van der Waals surface area contributed by atoms with Crippen LogP contribution in [-0.4, -0.2) is 26.9 Å². The van der Waals surface area contributed by atoms with Crippen LogP contribution in [0.1, 0.15) is 12.5 Å². The Morgan fingerprint density at radius 1 is 1.30 bits per heavy atom. The lowest BCUT2D eigenvalue weighted by Gasteiger charge is -2.14. The maximum Gasteiger partial charge on any atom is 0.270 e. The monoisotopic (exact) mass is 402 g/mol. The number of non-ortho nitro benzene ring substituents is 1. The van der Waals surface area contributed by atoms with E-state index in [0.717, 1.165) is 11.8 Å². The van der Waals surface area contributed by atoms with E-state index in [2.05, 4.69) is 0 Å². The van der Waals surface area contributed by atoms with Crippen molar-refractivity contribution in [1.82, 2.24) is 0 Å². The number of aromatic hydroxyl groups is 1. The lowest BCUT2D eigenvalue weighted by molar-refractivity contribution is -0.384. The summed E-state index contributed by atoms with van der Waals surface area (Å²) in [4.78, 5) is 24.7. The number of nitrogens with zero attached hydrogens (tertiary/aromatic N) is 2. The second-order valence-electron chi connectivity index (χ2n) is 5.42. The first kappa shape index (κ1) is 18.9. The zero-order valence-electron chi connectivity index (χ0n) is 14.1. The maximum atomic E-state index is 12.8. The second kappa shape index (κ2) is 7.77. The summed E-state index contributed by atoms with van der Waals surface area (Å²) in [6, 6.07) is 10.6. The molecular weight excluding hydrogens is 388 g/mol. The Hall–Kier alpha value is -2.91. The van der Waals surface area contributed by atoms with Crippen LogP contribution < -0.4 is 9.64 Å². The Bertz CT molecular complexity index is 957. The Labute approximate surface area is 164 Å². The van der Waals surface area contributed by atoms with Gasteiger partial charge in [-0.3, -0.25) is 19.8 Å². The third kappa shape index (κ3) is 3.79. The van der Waals surface area contributed by atoms with Crippen molar-refractivity contribution in [3.8, 4) is 11.5 Å². The largest absolute Gasteiger partial charge is 0.504 e. The van der Waals surface area contributed by atoms with E-state index in [-0.39, 0.29) is 17.3 Å². The van der Waals surface area contributed by atoms with Crippen LogP contribution in [0.25, 0.3) is 6.08 Å². The fourth-order valence-electron chi connectivity index (χ4n) is 2.48. The van der Waals surface area contributed by atoms with Crippen LogP contribution in [0.5, 0.6) is 11.5 Å². The van der Waals surface area contributed by atoms with Gasteiger partial charge in [0, 0.05) is 17.7 Å². The van der Waals surface area contributed by atoms with E-state index in [0.29, 0.717) is 32.8 Å². The van der Waals surface area contributed by atoms with Crippen LogP contribution in [0.3, 0.4) is 0 Å². The van der Waals surface area contributed by atoms with Crippen molar-refractivity contribution in [2.45, 2.75) is 6.92 Å². The van der Waals surface area contributed by atoms with Gasteiger partial charge in [-0.15, -0.1) is 0 Å². The lowest BCUT2D eigenvalue weighted by atomic mass is 10.1. The average Bonchev–Trinajstić information content (AvgIpc) is 2.92. The van der Waals surface area contributed by atoms with Crippen molar-refractivity contribution >= 4 is 51.7 Å². The third-order valence-corrected chi connectivity index (χ3v) is 5.03. The van der Waals surface area contributed by atoms with Gasteiger partial charge >= 0.3 is 0 Å². The number of phenolic OH excluding ortho intramolecular Hbond substituents is 1. The number of carbonyl (C=O) groups is 1. The molecule has 0 bridgehead atoms. The summed E-state index contributed by atoms with van der Waals surface area (Å²) < 4.78 is 5.65. The highest BCUT2D eigenvalue weighted by molar-refractivity contribution is 8.27. The number of ether oxygens (including phenoxy) is 1. The van der Waals surface area contributed by atoms with E-state index in [1.807, 2.05) is 0 Å². The molecule has 1 amide bonds. The number of hydrogen-bond acceptors (Lipinski definition) is 7. The number of nitro benzene ring substituents is 1. The van der Waals surface area contributed by atoms with E-state index < -0.39 is 4.92 Å². The molecule has 0 radical (unpaired) electrons. The molecule has 0 atom stereocenters. The zero-order valence-corrected chi connectivity index (χ0v) is 15.8. The predicted octanol–water partition coefficient (Wildman–Crippen LogP) is 4.10. The number of rotatable bonds is 5. The lowest BCUT2D eigenvalue weighted by Crippen LogP contribution is -2.27. The van der Waals surface area contributed by atoms with Gasteiger partial charge in [-0.25, -0.2) is 0 Å². The number of phenols is 1. The SMILES string of the molecule is CCOc1cccc(C=C2SC(=S)N(c3ccc([N+](=O)[O-])cc3)C2=O)c1O. The smallest absolute Gasteiger partial charge is 0.270 e. The molecule has 0 aromatic heterocycles. The van der Waals surface area contributed by atoms with E-state index in [1.165, 1.54) is 29.2 Å². The molecule has 1 N–H and O–H groups in total. The molecule has 2 aromatic carbocycles. The van der Waals surface area contributed by atoms with Gasteiger partial charge in [0.05, 0.1) is 22.1 Å². The molecule has 138 valence electrons. The Morgan fingerprint density at radius 3 is 2.63 bits per heavy atom. The quantitative estimate of drug-likeness (QED) is 0.348. The average molecular weight is 402 g/mol. The summed E-state index contributed by atoms with van der Waals surface area (Å²) in [7, 11) is 0. The summed E-state index contributed by atoms with van der Waals surface area (Å²) in [5.41, 5.74) is 0.807. The summed E-state index contributed by atoms with van der Waals surface area (Å²) >= 11 is 6.38. The van der Waals surface area contributed by atoms with Crippen LogP contribution in [0, 0.1) is 10.1 Å². The minimum absolute atomic E-state index is 0.0556. The standard InChI is InChI=1S/C18H14N2O5S2/c1-2-25-14-5-3-4-11(16(14)21)10-15-17(22)19(18(26)27-15)12-6-8-13(9-7-12)20(23)24/h3-10,21H,2H2,1H3. The number of benzene rings is 2. The summed E-state index contributed by atoms with van der Waals surface area (Å²) in [6.07, 6.45) is 1.54. The van der Waals surface area contributed by atoms with Gasteiger partial charge in [0.2, 0.25) is 0 Å². The molecule has 0 aliphatic carbocycles. The highest BCUT2D eigenvalue weighted by Crippen LogP contribution is 2.39. The molecule has 1 heterocycles. The van der Waals surface area contributed by atoms with Gasteiger partial charge in [-0.1, -0.05) is 36.1 Å². The number of anilines is 1. The topological polar surface area (TPSA) is 92.9 Å². The highest BCUT2D eigenvalue weighted by Gasteiger charge is 2.33. The van der Waals surface area contributed by atoms with Crippen molar-refractivity contribution < 1.29 is 19.6 Å². The van der Waals surface area contributed by atoms with Crippen LogP contribution in [0.2, 0.25) is 0 Å². The van der Waals surface area contributed by atoms with Crippen molar-refractivity contribution in [2.24, 2.45) is 0 Å². The number of nitro groups is 1. The summed E-state index contributed by atoms with van der Waals surface area (Å²) in [5.74, 6) is -0.0860. The van der Waals surface area contributed by atoms with E-state index in [4.69, 9.17) is 17.0 Å². The number of thioether (sulfide) groups is 1. The second-order valence-corrected chi connectivity index (χ2v) is 7.09. The minimum Gasteiger partial charge on any atom is -0.504 e. The molecule has 9 heteroatoms. The molecule has 1 aliphatic heterocycles. The van der Waals surface area contributed by atoms with Gasteiger partial charge in [0.15, 0.2) is 15.8 Å². The van der Waals surface area contributed by atoms with Crippen molar-refractivity contribution in [2.75, 3.05) is 11.5 Å². The van der Waals surface area contributed by atoms with Gasteiger partial charge < -0.3 is 9.84 Å². The third-order valence-electron chi connectivity index (χ3n) is 3.73. The zero-order chi connectivity index (χ0) is 19.6. The van der Waals surface area contributed by atoms with Crippen molar-refractivity contribution in [3.05, 3.63) is 63.0 Å². The van der Waals surface area contributed by atoms with E-state index in [9.17, 15) is 20.0 Å². The molecule has 0 spiro atoms. The Balaban J connectivity index is 1.91. The summed E-state index contributed by atoms with van der Waals surface area (Å²) in [6.45, 7) is 2.21. The van der Waals surface area contributed by atoms with Crippen LogP contribution in [0.4, 0.5) is 11.4 Å². The number of thiocarbonyl (C=S) groups is 1. The molecule has 3 rings (SSSR count). The molecule has 27 heavy (non-hydrogen) atoms. The van der Waals surface area contributed by atoms with Crippen LogP contribution in [0.15, 0.2) is 47.4 Å². The van der Waals surface area contributed by atoms with Crippen molar-refractivity contribution in [3.63, 3.8) is 0 Å². The van der Waals surface area contributed by atoms with Gasteiger partial charge in [0.1, 0.15) is 0 Å². The molecule has 1 saturated heterocycles. The molecule has 0 saturated carbocycles. The molecule has 0 unspecified atom stereocenters. The normalized spacial score (nSPS) is 15.4. The molecule has 2 aromatic rings. The number of carbonyl (C=O) groups excluding carboxylic acids is 1. The summed E-state index contributed by atoms with van der Waals surface area (Å²) in [5, 5.41) is 21.1. The molecular formula is C18H14N2O5S2. The highest BCUT2D eigenvalue weighted by atomic mass is 32.2. The van der Waals surface area contributed by atoms with Gasteiger partial charge in [-0.05, 0) is 31.2 Å². The first-order valence-corrected chi connectivity index (χ1v) is 9.12. The fourth-order valence-corrected chi connectivity index (χ4v) is 3.77. The van der Waals surface area contributed by atoms with Crippen LogP contribution in [-0.2, 0) is 4.79 Å². The fraction of sp³-hybridized carbons (Fsp3) is 0.111. The number of para-hydroxylation sites is 1.